The molecule has 17 heavy (non-hydrogen) atoms. The van der Waals surface area contributed by atoms with Crippen LogP contribution in [0.25, 0.3) is 0 Å². The number of hydrogen-bond donors (Lipinski definition) is 1. The Labute approximate surface area is 106 Å². The van der Waals surface area contributed by atoms with Gasteiger partial charge in [-0.2, -0.15) is 0 Å². The highest BCUT2D eigenvalue weighted by atomic mass is 35.5. The first kappa shape index (κ1) is 12.8. The molecule has 0 bridgehead atoms. The predicted molar refractivity (Wildman–Crippen MR) is 65.0 cm³/mol. The molecule has 1 aromatic heterocycles. The molecule has 7 heteroatoms. The van der Waals surface area contributed by atoms with Crippen molar-refractivity contribution >= 4 is 21.6 Å². The number of aromatic nitrogens is 1. The minimum absolute atomic E-state index is 0.00277. The lowest BCUT2D eigenvalue weighted by molar-refractivity contribution is 0.200. The Kier molecular flexibility index (Phi) is 3.98. The molecule has 1 saturated heterocycles. The van der Waals surface area contributed by atoms with Crippen LogP contribution in [0.4, 0.5) is 0 Å². The number of sulfonamides is 1. The van der Waals surface area contributed by atoms with Gasteiger partial charge in [0.1, 0.15) is 10.0 Å². The van der Waals surface area contributed by atoms with Gasteiger partial charge < -0.3 is 0 Å². The third kappa shape index (κ3) is 3.16. The lowest BCUT2D eigenvalue weighted by Crippen LogP contribution is -2.44. The molecule has 0 radical (unpaired) electrons. The summed E-state index contributed by atoms with van der Waals surface area (Å²) in [6.45, 7) is 1.47. The molecule has 1 N–H and O–H groups in total. The van der Waals surface area contributed by atoms with E-state index in [1.54, 1.807) is 11.1 Å². The van der Waals surface area contributed by atoms with Crippen molar-refractivity contribution in [3.63, 3.8) is 0 Å². The van der Waals surface area contributed by atoms with Crippen LogP contribution in [0, 0.1) is 0 Å². The second-order valence-electron chi connectivity index (χ2n) is 3.93. The van der Waals surface area contributed by atoms with Crippen LogP contribution >= 0.6 is 11.6 Å². The summed E-state index contributed by atoms with van der Waals surface area (Å²) in [4.78, 5) is 6.32. The summed E-state index contributed by atoms with van der Waals surface area (Å²) in [5.41, 5.74) is 0. The smallest absolute Gasteiger partial charge is 0.243 e. The Balaban J connectivity index is 2.16. The zero-order valence-electron chi connectivity index (χ0n) is 9.26. The Morgan fingerprint density at radius 1 is 1.29 bits per heavy atom. The van der Waals surface area contributed by atoms with Crippen molar-refractivity contribution in [1.29, 1.82) is 0 Å². The van der Waals surface area contributed by atoms with Crippen LogP contribution in [-0.2, 0) is 10.0 Å². The molecule has 0 saturated carbocycles. The van der Waals surface area contributed by atoms with E-state index in [0.29, 0.717) is 0 Å². The van der Waals surface area contributed by atoms with E-state index in [-0.39, 0.29) is 10.0 Å². The number of halogens is 1. The minimum atomic E-state index is -3.61. The van der Waals surface area contributed by atoms with Gasteiger partial charge in [-0.1, -0.05) is 18.0 Å². The molecule has 0 spiro atoms. The first-order chi connectivity index (χ1) is 8.09. The molecule has 94 valence electrons. The number of nitrogens with zero attached hydrogens (tertiary/aromatic N) is 2. The highest BCUT2D eigenvalue weighted by Crippen LogP contribution is 2.18. The van der Waals surface area contributed by atoms with Crippen molar-refractivity contribution < 1.29 is 8.42 Å². The quantitative estimate of drug-likeness (QED) is 0.848. The fourth-order valence-corrected chi connectivity index (χ4v) is 3.35. The van der Waals surface area contributed by atoms with Crippen molar-refractivity contribution in [3.8, 4) is 0 Å². The summed E-state index contributed by atoms with van der Waals surface area (Å²) in [6.07, 6.45) is 4.61. The summed E-state index contributed by atoms with van der Waals surface area (Å²) in [5.74, 6) is 0. The van der Waals surface area contributed by atoms with Crippen molar-refractivity contribution in [2.24, 2.45) is 0 Å². The van der Waals surface area contributed by atoms with E-state index in [2.05, 4.69) is 9.82 Å². The Morgan fingerprint density at radius 3 is 2.65 bits per heavy atom. The van der Waals surface area contributed by atoms with E-state index in [9.17, 15) is 8.42 Å². The first-order valence-corrected chi connectivity index (χ1v) is 7.33. The van der Waals surface area contributed by atoms with Crippen LogP contribution in [0.3, 0.4) is 0 Å². The van der Waals surface area contributed by atoms with E-state index in [1.165, 1.54) is 12.3 Å². The van der Waals surface area contributed by atoms with Gasteiger partial charge in [-0.3, -0.25) is 0 Å². The molecule has 1 aliphatic rings. The molecular weight excluding hydrogens is 262 g/mol. The van der Waals surface area contributed by atoms with Crippen LogP contribution in [0.2, 0.25) is 5.15 Å². The summed E-state index contributed by atoms with van der Waals surface area (Å²) in [7, 11) is -3.61. The maximum Gasteiger partial charge on any atom is 0.256 e. The predicted octanol–water partition coefficient (Wildman–Crippen LogP) is 1.41. The van der Waals surface area contributed by atoms with Gasteiger partial charge in [-0.15, -0.1) is 4.83 Å². The molecule has 2 rings (SSSR count). The molecule has 1 aromatic rings. The highest BCUT2D eigenvalue weighted by Gasteiger charge is 2.22. The molecule has 0 atom stereocenters. The van der Waals surface area contributed by atoms with Crippen LogP contribution in [0.15, 0.2) is 23.2 Å². The second-order valence-corrected chi connectivity index (χ2v) is 5.92. The van der Waals surface area contributed by atoms with Gasteiger partial charge in [0.05, 0.1) is 0 Å². The van der Waals surface area contributed by atoms with Crippen LogP contribution in [-0.4, -0.2) is 31.5 Å². The third-order valence-corrected chi connectivity index (χ3v) is 4.44. The average Bonchev–Trinajstić information content (AvgIpc) is 2.30. The van der Waals surface area contributed by atoms with E-state index in [0.717, 1.165) is 32.4 Å². The maximum absolute atomic E-state index is 12.0. The highest BCUT2D eigenvalue weighted by molar-refractivity contribution is 7.89. The molecule has 0 aliphatic carbocycles. The van der Waals surface area contributed by atoms with Gasteiger partial charge in [0.15, 0.2) is 0 Å². The molecule has 2 heterocycles. The van der Waals surface area contributed by atoms with E-state index in [4.69, 9.17) is 11.6 Å². The molecule has 1 fully saturated rings. The zero-order valence-corrected chi connectivity index (χ0v) is 10.8. The largest absolute Gasteiger partial charge is 0.256 e. The zero-order chi connectivity index (χ0) is 12.3. The SMILES string of the molecule is O=S(=O)(NN1CCCCC1)c1cccnc1Cl. The molecule has 5 nitrogen and oxygen atoms in total. The number of piperidine rings is 1. The molecule has 1 aliphatic heterocycles. The molecule has 0 amide bonds. The van der Waals surface area contributed by atoms with Gasteiger partial charge >= 0.3 is 0 Å². The van der Waals surface area contributed by atoms with E-state index >= 15 is 0 Å². The Bertz CT molecular complexity index is 486. The van der Waals surface area contributed by atoms with Gasteiger partial charge in [-0.05, 0) is 25.0 Å². The standard InChI is InChI=1S/C10H14ClN3O2S/c11-10-9(5-4-6-12-10)17(15,16)13-14-7-2-1-3-8-14/h4-6,13H,1-3,7-8H2. The topological polar surface area (TPSA) is 62.3 Å². The van der Waals surface area contributed by atoms with E-state index < -0.39 is 10.0 Å². The third-order valence-electron chi connectivity index (χ3n) is 2.62. The van der Waals surface area contributed by atoms with Gasteiger partial charge in [-0.25, -0.2) is 18.4 Å². The lowest BCUT2D eigenvalue weighted by atomic mass is 10.2. The van der Waals surface area contributed by atoms with Crippen molar-refractivity contribution in [2.45, 2.75) is 24.2 Å². The Hall–Kier alpha value is -0.690. The van der Waals surface area contributed by atoms with E-state index in [1.807, 2.05) is 0 Å². The Morgan fingerprint density at radius 2 is 2.00 bits per heavy atom. The number of hydrazine groups is 1. The molecule has 0 unspecified atom stereocenters. The van der Waals surface area contributed by atoms with Crippen molar-refractivity contribution in [1.82, 2.24) is 14.8 Å². The normalized spacial score (nSPS) is 18.2. The monoisotopic (exact) mass is 275 g/mol. The van der Waals surface area contributed by atoms with Crippen LogP contribution in [0.1, 0.15) is 19.3 Å². The molecule has 0 aromatic carbocycles. The number of hydrogen-bond acceptors (Lipinski definition) is 4. The first-order valence-electron chi connectivity index (χ1n) is 5.47. The molecular formula is C10H14ClN3O2S. The number of nitrogens with one attached hydrogen (secondary N) is 1. The van der Waals surface area contributed by atoms with Gasteiger partial charge in [0.25, 0.3) is 10.0 Å². The number of rotatable bonds is 3. The lowest BCUT2D eigenvalue weighted by Gasteiger charge is -2.26. The van der Waals surface area contributed by atoms with Crippen LogP contribution in [0.5, 0.6) is 0 Å². The fraction of sp³-hybridized carbons (Fsp3) is 0.500. The number of pyridine rings is 1. The van der Waals surface area contributed by atoms with Gasteiger partial charge in [0, 0.05) is 19.3 Å². The summed E-state index contributed by atoms with van der Waals surface area (Å²) in [5, 5.41) is 1.71. The van der Waals surface area contributed by atoms with Gasteiger partial charge in [0.2, 0.25) is 0 Å². The minimum Gasteiger partial charge on any atom is -0.243 e. The van der Waals surface area contributed by atoms with Crippen molar-refractivity contribution in [3.05, 3.63) is 23.5 Å². The second kappa shape index (κ2) is 5.30. The van der Waals surface area contributed by atoms with Crippen LogP contribution < -0.4 is 4.83 Å². The summed E-state index contributed by atoms with van der Waals surface area (Å²) < 4.78 is 24.1. The average molecular weight is 276 g/mol. The summed E-state index contributed by atoms with van der Waals surface area (Å²) in [6, 6.07) is 3.00. The fourth-order valence-electron chi connectivity index (χ4n) is 1.78. The summed E-state index contributed by atoms with van der Waals surface area (Å²) >= 11 is 5.78. The maximum atomic E-state index is 12.0. The van der Waals surface area contributed by atoms with Crippen molar-refractivity contribution in [2.75, 3.05) is 13.1 Å².